The van der Waals surface area contributed by atoms with E-state index in [2.05, 4.69) is 62.1 Å². The van der Waals surface area contributed by atoms with Gasteiger partial charge in [0.1, 0.15) is 5.82 Å². The second kappa shape index (κ2) is 11.9. The SMILES string of the molecule is C[C@@H]1C(N=C(Nc2ccc3c(=O)n(CCc4ccc(F)cc4)cnc3c2)N2C[C@H](C)N[C@@H](C)C2)CCC(C)(C)[C@H]1C. The maximum atomic E-state index is 13.2. The fourth-order valence-corrected chi connectivity index (χ4v) is 6.51. The van der Waals surface area contributed by atoms with Crippen LogP contribution < -0.4 is 16.2 Å². The standard InChI is InChI=1S/C33H45FN6O/c1-21-18-40(19-22(2)36-21)32(38-29-13-15-33(5,6)24(4)23(29)3)37-27-11-12-28-30(17-27)35-20-39(31(28)41)16-14-25-7-9-26(34)10-8-25/h7-12,17,20-24,29,36H,13-16,18-19H2,1-6H3,(H,37,38)/t21-,22-,23-,24-,29?/m0/s1. The van der Waals surface area contributed by atoms with E-state index >= 15 is 0 Å². The summed E-state index contributed by atoms with van der Waals surface area (Å²) in [5.41, 5.74) is 2.76. The highest BCUT2D eigenvalue weighted by Gasteiger charge is 2.39. The number of fused-ring (bicyclic) bond motifs is 1. The van der Waals surface area contributed by atoms with Gasteiger partial charge in [-0.25, -0.2) is 14.4 Å². The molecule has 2 aliphatic rings. The summed E-state index contributed by atoms with van der Waals surface area (Å²) in [4.78, 5) is 25.6. The van der Waals surface area contributed by atoms with Crippen LogP contribution in [0.3, 0.4) is 0 Å². The molecule has 0 amide bonds. The molecule has 1 aromatic heterocycles. The minimum Gasteiger partial charge on any atom is -0.340 e. The number of aliphatic imine (C=N–C) groups is 1. The highest BCUT2D eigenvalue weighted by atomic mass is 19.1. The zero-order valence-electron chi connectivity index (χ0n) is 25.3. The van der Waals surface area contributed by atoms with E-state index in [1.165, 1.54) is 18.6 Å². The third-order valence-corrected chi connectivity index (χ3v) is 9.49. The van der Waals surface area contributed by atoms with Crippen LogP contribution in [0.2, 0.25) is 0 Å². The van der Waals surface area contributed by atoms with Crippen LogP contribution >= 0.6 is 0 Å². The first-order chi connectivity index (χ1) is 19.5. The van der Waals surface area contributed by atoms with Crippen LogP contribution in [0.4, 0.5) is 10.1 Å². The first kappa shape index (κ1) is 29.2. The molecule has 1 aliphatic heterocycles. The maximum Gasteiger partial charge on any atom is 0.261 e. The lowest BCUT2D eigenvalue weighted by Crippen LogP contribution is -2.57. The Morgan fingerprint density at radius 3 is 2.51 bits per heavy atom. The van der Waals surface area contributed by atoms with Crippen LogP contribution in [0.5, 0.6) is 0 Å². The zero-order valence-corrected chi connectivity index (χ0v) is 25.3. The average Bonchev–Trinajstić information content (AvgIpc) is 2.93. The van der Waals surface area contributed by atoms with Gasteiger partial charge in [0.15, 0.2) is 5.96 Å². The minimum absolute atomic E-state index is 0.0741. The van der Waals surface area contributed by atoms with Crippen molar-refractivity contribution in [1.82, 2.24) is 19.8 Å². The third-order valence-electron chi connectivity index (χ3n) is 9.49. The monoisotopic (exact) mass is 560 g/mol. The van der Waals surface area contributed by atoms with E-state index in [0.717, 1.165) is 36.7 Å². The summed E-state index contributed by atoms with van der Waals surface area (Å²) >= 11 is 0. The van der Waals surface area contributed by atoms with Crippen LogP contribution in [-0.2, 0) is 13.0 Å². The summed E-state index contributed by atoms with van der Waals surface area (Å²) in [5, 5.41) is 7.85. The number of guanidine groups is 1. The summed E-state index contributed by atoms with van der Waals surface area (Å²) in [5.74, 6) is 1.71. The second-order valence-electron chi connectivity index (χ2n) is 13.0. The van der Waals surface area contributed by atoms with Crippen LogP contribution in [0, 0.1) is 23.1 Å². The predicted octanol–water partition coefficient (Wildman–Crippen LogP) is 5.69. The van der Waals surface area contributed by atoms with Crippen molar-refractivity contribution in [3.63, 3.8) is 0 Å². The summed E-state index contributed by atoms with van der Waals surface area (Å²) in [6, 6.07) is 13.1. The maximum absolute atomic E-state index is 13.2. The fourth-order valence-electron chi connectivity index (χ4n) is 6.51. The topological polar surface area (TPSA) is 74.5 Å². The van der Waals surface area contributed by atoms with Crippen molar-refractivity contribution < 1.29 is 4.39 Å². The number of hydrogen-bond acceptors (Lipinski definition) is 4. The summed E-state index contributed by atoms with van der Waals surface area (Å²) < 4.78 is 14.9. The van der Waals surface area contributed by atoms with Crippen LogP contribution in [0.25, 0.3) is 10.9 Å². The Labute approximate surface area is 243 Å². The highest BCUT2D eigenvalue weighted by molar-refractivity contribution is 5.96. The van der Waals surface area contributed by atoms with Gasteiger partial charge < -0.3 is 15.5 Å². The average molecular weight is 561 g/mol. The van der Waals surface area contributed by atoms with Gasteiger partial charge in [0, 0.05) is 37.4 Å². The van der Waals surface area contributed by atoms with Crippen LogP contribution in [-0.4, -0.2) is 51.6 Å². The lowest BCUT2D eigenvalue weighted by molar-refractivity contribution is 0.0827. The van der Waals surface area contributed by atoms with Crippen molar-refractivity contribution in [2.45, 2.75) is 85.5 Å². The number of aromatic nitrogens is 2. The van der Waals surface area contributed by atoms with Crippen LogP contribution in [0.1, 0.15) is 59.9 Å². The number of piperazine rings is 1. The number of nitrogens with one attached hydrogen (secondary N) is 2. The molecule has 3 aromatic rings. The Morgan fingerprint density at radius 2 is 1.80 bits per heavy atom. The lowest BCUT2D eigenvalue weighted by Gasteiger charge is -2.45. The largest absolute Gasteiger partial charge is 0.340 e. The molecule has 41 heavy (non-hydrogen) atoms. The molecule has 8 heteroatoms. The molecule has 5 rings (SSSR count). The molecule has 220 valence electrons. The van der Waals surface area contributed by atoms with Crippen molar-refractivity contribution in [3.8, 4) is 0 Å². The highest BCUT2D eigenvalue weighted by Crippen LogP contribution is 2.44. The van der Waals surface area contributed by atoms with E-state index in [9.17, 15) is 9.18 Å². The van der Waals surface area contributed by atoms with Crippen molar-refractivity contribution >= 4 is 22.5 Å². The van der Waals surface area contributed by atoms with Crippen molar-refractivity contribution in [1.29, 1.82) is 0 Å². The first-order valence-electron chi connectivity index (χ1n) is 15.1. The molecule has 2 fully saturated rings. The van der Waals surface area contributed by atoms with Crippen LogP contribution in [0.15, 0.2) is 58.6 Å². The quantitative estimate of drug-likeness (QED) is 0.310. The van der Waals surface area contributed by atoms with Gasteiger partial charge in [-0.3, -0.25) is 9.36 Å². The number of nitrogens with zero attached hydrogens (tertiary/aromatic N) is 4. The Hall–Kier alpha value is -3.26. The van der Waals surface area contributed by atoms with Crippen molar-refractivity contribution in [2.75, 3.05) is 18.4 Å². The second-order valence-corrected chi connectivity index (χ2v) is 13.0. The number of benzene rings is 2. The first-order valence-corrected chi connectivity index (χ1v) is 15.1. The number of hydrogen-bond donors (Lipinski definition) is 2. The Balaban J connectivity index is 1.39. The molecule has 1 saturated heterocycles. The molecule has 5 atom stereocenters. The van der Waals surface area contributed by atoms with Gasteiger partial charge in [0.2, 0.25) is 0 Å². The van der Waals surface area contributed by atoms with Gasteiger partial charge in [-0.1, -0.05) is 39.8 Å². The molecule has 2 aromatic carbocycles. The van der Waals surface area contributed by atoms with Crippen molar-refractivity contribution in [2.24, 2.45) is 22.2 Å². The fraction of sp³-hybridized carbons (Fsp3) is 0.545. The Bertz CT molecular complexity index is 1440. The molecule has 2 N–H and O–H groups in total. The minimum atomic E-state index is -0.261. The Morgan fingerprint density at radius 1 is 1.10 bits per heavy atom. The Kier molecular flexibility index (Phi) is 8.50. The molecule has 0 bridgehead atoms. The molecule has 1 unspecified atom stereocenters. The lowest BCUT2D eigenvalue weighted by atomic mass is 9.63. The zero-order chi connectivity index (χ0) is 29.3. The van der Waals surface area contributed by atoms with Gasteiger partial charge >= 0.3 is 0 Å². The van der Waals surface area contributed by atoms with Gasteiger partial charge in [0.25, 0.3) is 5.56 Å². The smallest absolute Gasteiger partial charge is 0.261 e. The summed E-state index contributed by atoms with van der Waals surface area (Å²) in [6.45, 7) is 16.2. The molecule has 7 nitrogen and oxygen atoms in total. The van der Waals surface area contributed by atoms with E-state index in [4.69, 9.17) is 4.99 Å². The van der Waals surface area contributed by atoms with E-state index in [0.29, 0.717) is 53.2 Å². The number of halogens is 1. The van der Waals surface area contributed by atoms with E-state index < -0.39 is 0 Å². The molecule has 2 heterocycles. The predicted molar refractivity (Wildman–Crippen MR) is 166 cm³/mol. The van der Waals surface area contributed by atoms with E-state index in [-0.39, 0.29) is 17.4 Å². The third kappa shape index (κ3) is 6.64. The summed E-state index contributed by atoms with van der Waals surface area (Å²) in [6.07, 6.45) is 4.49. The molecule has 0 radical (unpaired) electrons. The summed E-state index contributed by atoms with van der Waals surface area (Å²) in [7, 11) is 0. The molecule has 0 spiro atoms. The molecule has 1 saturated carbocycles. The van der Waals surface area contributed by atoms with E-state index in [1.807, 2.05) is 18.2 Å². The van der Waals surface area contributed by atoms with Gasteiger partial charge in [0.05, 0.1) is 23.3 Å². The number of aryl methyl sites for hydroxylation is 2. The normalized spacial score (nSPS) is 26.8. The van der Waals surface area contributed by atoms with Gasteiger partial charge in [-0.15, -0.1) is 0 Å². The number of anilines is 1. The van der Waals surface area contributed by atoms with Gasteiger partial charge in [-0.2, -0.15) is 0 Å². The molecule has 1 aliphatic carbocycles. The molecular weight excluding hydrogens is 515 g/mol. The van der Waals surface area contributed by atoms with Crippen molar-refractivity contribution in [3.05, 3.63) is 70.5 Å². The molecular formula is C33H45FN6O. The van der Waals surface area contributed by atoms with Gasteiger partial charge in [-0.05, 0) is 86.3 Å². The number of rotatable bonds is 5. The van der Waals surface area contributed by atoms with E-state index in [1.54, 1.807) is 23.0 Å².